The van der Waals surface area contributed by atoms with Crippen LogP contribution in [0.5, 0.6) is 0 Å². The highest BCUT2D eigenvalue weighted by Crippen LogP contribution is 2.31. The van der Waals surface area contributed by atoms with Crippen LogP contribution < -0.4 is 10.6 Å². The van der Waals surface area contributed by atoms with Crippen LogP contribution in [0, 0.1) is 13.8 Å². The highest BCUT2D eigenvalue weighted by atomic mass is 16.2. The molecule has 1 aromatic rings. The molecule has 0 radical (unpaired) electrons. The van der Waals surface area contributed by atoms with Crippen LogP contribution in [-0.2, 0) is 10.2 Å². The van der Waals surface area contributed by atoms with E-state index in [1.807, 2.05) is 7.05 Å². The summed E-state index contributed by atoms with van der Waals surface area (Å²) in [6, 6.07) is 4.35. The first-order chi connectivity index (χ1) is 8.68. The summed E-state index contributed by atoms with van der Waals surface area (Å²) in [5.41, 5.74) is 10.2. The molecule has 0 heterocycles. The lowest BCUT2D eigenvalue weighted by molar-refractivity contribution is -0.118. The van der Waals surface area contributed by atoms with Crippen LogP contribution in [0.15, 0.2) is 12.1 Å². The van der Waals surface area contributed by atoms with Gasteiger partial charge in [0.1, 0.15) is 0 Å². The molecular formula is C16H26N2O. The quantitative estimate of drug-likeness (QED) is 0.910. The van der Waals surface area contributed by atoms with Crippen molar-refractivity contribution in [1.29, 1.82) is 0 Å². The first kappa shape index (κ1) is 15.7. The smallest absolute Gasteiger partial charge is 0.228 e. The number of nitrogens with two attached hydrogens (primary N) is 1. The van der Waals surface area contributed by atoms with E-state index in [9.17, 15) is 4.79 Å². The molecule has 3 heteroatoms. The highest BCUT2D eigenvalue weighted by molar-refractivity contribution is 5.94. The first-order valence-corrected chi connectivity index (χ1v) is 6.77. The Morgan fingerprint density at radius 1 is 1.21 bits per heavy atom. The van der Waals surface area contributed by atoms with E-state index in [0.717, 1.165) is 16.8 Å². The summed E-state index contributed by atoms with van der Waals surface area (Å²) in [6.07, 6.45) is 0.385. The molecule has 106 valence electrons. The van der Waals surface area contributed by atoms with Gasteiger partial charge >= 0.3 is 0 Å². The Labute approximate surface area is 116 Å². The minimum atomic E-state index is 0.0669. The third-order valence-electron chi connectivity index (χ3n) is 3.42. The molecule has 0 aliphatic rings. The van der Waals surface area contributed by atoms with E-state index in [0.29, 0.717) is 13.0 Å². The van der Waals surface area contributed by atoms with Crippen LogP contribution in [-0.4, -0.2) is 19.5 Å². The zero-order chi connectivity index (χ0) is 14.8. The topological polar surface area (TPSA) is 46.3 Å². The summed E-state index contributed by atoms with van der Waals surface area (Å²) in [6.45, 7) is 11.1. The van der Waals surface area contributed by atoms with Crippen molar-refractivity contribution < 1.29 is 4.79 Å². The lowest BCUT2D eigenvalue weighted by atomic mass is 9.84. The molecule has 2 N–H and O–H groups in total. The molecule has 0 fully saturated rings. The molecular weight excluding hydrogens is 236 g/mol. The van der Waals surface area contributed by atoms with E-state index in [1.165, 1.54) is 5.56 Å². The maximum absolute atomic E-state index is 12.0. The third kappa shape index (κ3) is 3.57. The Bertz CT molecular complexity index is 449. The number of carbonyl (C=O) groups excluding carboxylic acids is 1. The standard InChI is InChI=1S/C16H26N2O/c1-11-9-13(16(3,4)5)10-12(2)15(11)18(6)14(19)7-8-17/h9-10H,7-8,17H2,1-6H3. The lowest BCUT2D eigenvalue weighted by Gasteiger charge is -2.26. The second-order valence-electron chi connectivity index (χ2n) is 6.20. The summed E-state index contributed by atoms with van der Waals surface area (Å²) >= 11 is 0. The first-order valence-electron chi connectivity index (χ1n) is 6.77. The average Bonchev–Trinajstić information content (AvgIpc) is 2.26. The maximum atomic E-state index is 12.0. The normalized spacial score (nSPS) is 11.5. The van der Waals surface area contributed by atoms with E-state index in [-0.39, 0.29) is 11.3 Å². The van der Waals surface area contributed by atoms with Crippen molar-refractivity contribution in [1.82, 2.24) is 0 Å². The molecule has 0 unspecified atom stereocenters. The number of carbonyl (C=O) groups is 1. The lowest BCUT2D eigenvalue weighted by Crippen LogP contribution is -2.29. The Morgan fingerprint density at radius 3 is 2.05 bits per heavy atom. The van der Waals surface area contributed by atoms with Crippen molar-refractivity contribution in [2.45, 2.75) is 46.5 Å². The summed E-state index contributed by atoms with van der Waals surface area (Å²) in [5.74, 6) is 0.0669. The van der Waals surface area contributed by atoms with E-state index in [4.69, 9.17) is 5.73 Å². The molecule has 0 aliphatic heterocycles. The fourth-order valence-corrected chi connectivity index (χ4v) is 2.33. The highest BCUT2D eigenvalue weighted by Gasteiger charge is 2.19. The summed E-state index contributed by atoms with van der Waals surface area (Å²) in [5, 5.41) is 0. The van der Waals surface area contributed by atoms with E-state index >= 15 is 0 Å². The molecule has 1 amide bonds. The van der Waals surface area contributed by atoms with Crippen molar-refractivity contribution in [3.63, 3.8) is 0 Å². The van der Waals surface area contributed by atoms with E-state index in [2.05, 4.69) is 46.8 Å². The van der Waals surface area contributed by atoms with Crippen LogP contribution in [0.3, 0.4) is 0 Å². The van der Waals surface area contributed by atoms with Crippen molar-refractivity contribution >= 4 is 11.6 Å². The van der Waals surface area contributed by atoms with Crippen LogP contribution in [0.25, 0.3) is 0 Å². The van der Waals surface area contributed by atoms with Gasteiger partial charge in [0.2, 0.25) is 5.91 Å². The molecule has 3 nitrogen and oxygen atoms in total. The molecule has 0 saturated heterocycles. The van der Waals surface area contributed by atoms with E-state index in [1.54, 1.807) is 4.90 Å². The molecule has 0 aliphatic carbocycles. The molecule has 0 aromatic heterocycles. The fourth-order valence-electron chi connectivity index (χ4n) is 2.33. The van der Waals surface area contributed by atoms with Gasteiger partial charge in [0, 0.05) is 25.7 Å². The van der Waals surface area contributed by atoms with Gasteiger partial charge in [0.05, 0.1) is 0 Å². The second kappa shape index (κ2) is 5.74. The third-order valence-corrected chi connectivity index (χ3v) is 3.42. The number of hydrogen-bond acceptors (Lipinski definition) is 2. The van der Waals surface area contributed by atoms with Gasteiger partial charge in [-0.25, -0.2) is 0 Å². The number of aryl methyl sites for hydroxylation is 2. The predicted molar refractivity (Wildman–Crippen MR) is 81.7 cm³/mol. The van der Waals surface area contributed by atoms with Gasteiger partial charge in [-0.2, -0.15) is 0 Å². The zero-order valence-electron chi connectivity index (χ0n) is 13.0. The predicted octanol–water partition coefficient (Wildman–Crippen LogP) is 2.91. The number of benzene rings is 1. The average molecular weight is 262 g/mol. The van der Waals surface area contributed by atoms with Gasteiger partial charge in [-0.05, 0) is 36.0 Å². The van der Waals surface area contributed by atoms with Crippen molar-refractivity contribution in [3.8, 4) is 0 Å². The minimum Gasteiger partial charge on any atom is -0.330 e. The van der Waals surface area contributed by atoms with E-state index < -0.39 is 0 Å². The van der Waals surface area contributed by atoms with Crippen LogP contribution in [0.1, 0.15) is 43.9 Å². The number of rotatable bonds is 3. The van der Waals surface area contributed by atoms with Crippen LogP contribution in [0.4, 0.5) is 5.69 Å². The Balaban J connectivity index is 3.21. The Morgan fingerprint density at radius 2 is 1.68 bits per heavy atom. The van der Waals surface area contributed by atoms with Gasteiger partial charge < -0.3 is 10.6 Å². The van der Waals surface area contributed by atoms with Gasteiger partial charge in [0.15, 0.2) is 0 Å². The van der Waals surface area contributed by atoms with Gasteiger partial charge in [-0.15, -0.1) is 0 Å². The zero-order valence-corrected chi connectivity index (χ0v) is 13.0. The SMILES string of the molecule is Cc1cc(C(C)(C)C)cc(C)c1N(C)C(=O)CCN. The number of anilines is 1. The molecule has 0 bridgehead atoms. The molecule has 0 atom stereocenters. The molecule has 1 aromatic carbocycles. The Hall–Kier alpha value is -1.35. The summed E-state index contributed by atoms with van der Waals surface area (Å²) in [7, 11) is 1.82. The van der Waals surface area contributed by atoms with Crippen molar-refractivity contribution in [2.24, 2.45) is 5.73 Å². The largest absolute Gasteiger partial charge is 0.330 e. The monoisotopic (exact) mass is 262 g/mol. The van der Waals surface area contributed by atoms with Crippen molar-refractivity contribution in [2.75, 3.05) is 18.5 Å². The summed E-state index contributed by atoms with van der Waals surface area (Å²) < 4.78 is 0. The molecule has 1 rings (SSSR count). The molecule has 0 saturated carbocycles. The minimum absolute atomic E-state index is 0.0669. The van der Waals surface area contributed by atoms with Gasteiger partial charge in [-0.3, -0.25) is 4.79 Å². The van der Waals surface area contributed by atoms with Crippen LogP contribution in [0.2, 0.25) is 0 Å². The second-order valence-corrected chi connectivity index (χ2v) is 6.20. The van der Waals surface area contributed by atoms with Crippen molar-refractivity contribution in [3.05, 3.63) is 28.8 Å². The maximum Gasteiger partial charge on any atom is 0.228 e. The molecule has 19 heavy (non-hydrogen) atoms. The number of nitrogens with zero attached hydrogens (tertiary/aromatic N) is 1. The van der Waals surface area contributed by atoms with Gasteiger partial charge in [-0.1, -0.05) is 32.9 Å². The molecule has 0 spiro atoms. The number of amides is 1. The van der Waals surface area contributed by atoms with Crippen LogP contribution >= 0.6 is 0 Å². The Kier molecular flexibility index (Phi) is 4.75. The fraction of sp³-hybridized carbons (Fsp3) is 0.562. The number of hydrogen-bond donors (Lipinski definition) is 1. The van der Waals surface area contributed by atoms with Gasteiger partial charge in [0.25, 0.3) is 0 Å². The summed E-state index contributed by atoms with van der Waals surface area (Å²) in [4.78, 5) is 13.7.